The molecule has 2 nitrogen and oxygen atoms in total. The van der Waals surface area contributed by atoms with Crippen LogP contribution in [-0.2, 0) is 6.42 Å². The Hall–Kier alpha value is -0.450. The van der Waals surface area contributed by atoms with Crippen LogP contribution in [0.15, 0.2) is 22.7 Å². The average Bonchev–Trinajstić information content (AvgIpc) is 2.09. The van der Waals surface area contributed by atoms with Gasteiger partial charge in [-0.1, -0.05) is 6.07 Å². The fourth-order valence-corrected chi connectivity index (χ4v) is 2.52. The minimum atomic E-state index is -0.684. The minimum Gasteiger partial charge on any atom is -0.389 e. The van der Waals surface area contributed by atoms with Gasteiger partial charge in [-0.15, -0.1) is 0 Å². The highest BCUT2D eigenvalue weighted by atomic mass is 79.9. The van der Waals surface area contributed by atoms with E-state index in [1.165, 1.54) is 6.07 Å². The maximum absolute atomic E-state index is 13.0. The number of hydrogen-bond donors (Lipinski definition) is 2. The number of hydrogen-bond acceptors (Lipinski definition) is 2. The van der Waals surface area contributed by atoms with Crippen molar-refractivity contribution >= 4 is 15.9 Å². The first-order chi connectivity index (χ1) is 6.98. The van der Waals surface area contributed by atoms with Gasteiger partial charge in [0.05, 0.1) is 10.1 Å². The average molecular weight is 274 g/mol. The predicted molar refractivity (Wildman–Crippen MR) is 60.0 cm³/mol. The van der Waals surface area contributed by atoms with Crippen molar-refractivity contribution in [1.82, 2.24) is 0 Å². The van der Waals surface area contributed by atoms with E-state index in [1.54, 1.807) is 12.1 Å². The van der Waals surface area contributed by atoms with Gasteiger partial charge in [0.25, 0.3) is 0 Å². The third-order valence-electron chi connectivity index (χ3n) is 2.80. The first kappa shape index (κ1) is 11.0. The molecule has 1 saturated carbocycles. The summed E-state index contributed by atoms with van der Waals surface area (Å²) < 4.78 is 13.4. The molecule has 0 heterocycles. The van der Waals surface area contributed by atoms with Crippen LogP contribution in [0.5, 0.6) is 0 Å². The summed E-state index contributed by atoms with van der Waals surface area (Å²) in [4.78, 5) is 0. The zero-order valence-corrected chi connectivity index (χ0v) is 9.80. The molecule has 0 aliphatic heterocycles. The quantitative estimate of drug-likeness (QED) is 0.866. The molecule has 0 unspecified atom stereocenters. The van der Waals surface area contributed by atoms with Gasteiger partial charge in [-0.25, -0.2) is 4.39 Å². The Morgan fingerprint density at radius 2 is 2.20 bits per heavy atom. The third-order valence-corrected chi connectivity index (χ3v) is 3.41. The molecular weight excluding hydrogens is 261 g/mol. The van der Waals surface area contributed by atoms with Gasteiger partial charge < -0.3 is 10.8 Å². The van der Waals surface area contributed by atoms with Crippen molar-refractivity contribution in [2.24, 2.45) is 5.73 Å². The lowest BCUT2D eigenvalue weighted by molar-refractivity contribution is -0.0455. The summed E-state index contributed by atoms with van der Waals surface area (Å²) in [6, 6.07) is 4.92. The van der Waals surface area contributed by atoms with Crippen LogP contribution in [0.1, 0.15) is 18.4 Å². The highest BCUT2D eigenvalue weighted by Gasteiger charge is 2.40. The summed E-state index contributed by atoms with van der Waals surface area (Å²) in [5.41, 5.74) is 5.88. The number of nitrogens with two attached hydrogens (primary N) is 1. The number of rotatable bonds is 2. The van der Waals surface area contributed by atoms with Crippen molar-refractivity contribution in [1.29, 1.82) is 0 Å². The third kappa shape index (κ3) is 2.38. The van der Waals surface area contributed by atoms with Crippen molar-refractivity contribution in [3.8, 4) is 0 Å². The second-order valence-electron chi connectivity index (χ2n) is 4.32. The highest BCUT2D eigenvalue weighted by Crippen LogP contribution is 2.34. The van der Waals surface area contributed by atoms with Crippen LogP contribution in [0, 0.1) is 5.82 Å². The lowest BCUT2D eigenvalue weighted by atomic mass is 9.73. The van der Waals surface area contributed by atoms with E-state index < -0.39 is 5.60 Å². The summed E-state index contributed by atoms with van der Waals surface area (Å²) in [6.45, 7) is 0. The zero-order chi connectivity index (χ0) is 11.1. The lowest BCUT2D eigenvalue weighted by Crippen LogP contribution is -2.52. The Bertz CT molecular complexity index is 377. The molecule has 4 heteroatoms. The van der Waals surface area contributed by atoms with E-state index in [2.05, 4.69) is 15.9 Å². The fraction of sp³-hybridized carbons (Fsp3) is 0.455. The van der Waals surface area contributed by atoms with Crippen LogP contribution < -0.4 is 5.73 Å². The maximum Gasteiger partial charge on any atom is 0.137 e. The molecule has 2 rings (SSSR count). The summed E-state index contributed by atoms with van der Waals surface area (Å²) >= 11 is 3.12. The highest BCUT2D eigenvalue weighted by molar-refractivity contribution is 9.10. The Kier molecular flexibility index (Phi) is 2.83. The SMILES string of the molecule is NC1CC(O)(Cc2ccc(F)c(Br)c2)C1. The van der Waals surface area contributed by atoms with E-state index in [-0.39, 0.29) is 11.9 Å². The van der Waals surface area contributed by atoms with Gasteiger partial charge in [0.15, 0.2) is 0 Å². The van der Waals surface area contributed by atoms with Gasteiger partial charge in [-0.3, -0.25) is 0 Å². The molecule has 0 saturated heterocycles. The molecule has 3 N–H and O–H groups in total. The lowest BCUT2D eigenvalue weighted by Gasteiger charge is -2.42. The van der Waals surface area contributed by atoms with Crippen LogP contribution in [0.2, 0.25) is 0 Å². The first-order valence-corrected chi connectivity index (χ1v) is 5.70. The molecule has 1 aliphatic rings. The van der Waals surface area contributed by atoms with Crippen LogP contribution in [0.25, 0.3) is 0 Å². The van der Waals surface area contributed by atoms with Crippen LogP contribution in [0.3, 0.4) is 0 Å². The van der Waals surface area contributed by atoms with E-state index in [1.807, 2.05) is 0 Å². The van der Waals surface area contributed by atoms with E-state index in [0.717, 1.165) is 5.56 Å². The second kappa shape index (κ2) is 3.85. The minimum absolute atomic E-state index is 0.110. The number of benzene rings is 1. The smallest absolute Gasteiger partial charge is 0.137 e. The molecule has 0 atom stereocenters. The van der Waals surface area contributed by atoms with Crippen molar-refractivity contribution in [3.05, 3.63) is 34.1 Å². The second-order valence-corrected chi connectivity index (χ2v) is 5.17. The molecule has 15 heavy (non-hydrogen) atoms. The number of halogens is 2. The first-order valence-electron chi connectivity index (χ1n) is 4.90. The van der Waals surface area contributed by atoms with Crippen LogP contribution in [0.4, 0.5) is 4.39 Å². The van der Waals surface area contributed by atoms with Gasteiger partial charge in [-0.2, -0.15) is 0 Å². The molecule has 0 aromatic heterocycles. The molecule has 0 radical (unpaired) electrons. The summed E-state index contributed by atoms with van der Waals surface area (Å²) in [5.74, 6) is -0.281. The zero-order valence-electron chi connectivity index (χ0n) is 8.21. The summed E-state index contributed by atoms with van der Waals surface area (Å²) in [6.07, 6.45) is 1.80. The number of aliphatic hydroxyl groups is 1. The molecular formula is C11H13BrFNO. The molecule has 82 valence electrons. The fourth-order valence-electron chi connectivity index (χ4n) is 2.09. The van der Waals surface area contributed by atoms with Gasteiger partial charge in [0.2, 0.25) is 0 Å². The Balaban J connectivity index is 2.08. The van der Waals surface area contributed by atoms with Crippen molar-refractivity contribution < 1.29 is 9.50 Å². The molecule has 0 spiro atoms. The van der Waals surface area contributed by atoms with Crippen molar-refractivity contribution in [3.63, 3.8) is 0 Å². The summed E-state index contributed by atoms with van der Waals surface area (Å²) in [7, 11) is 0. The predicted octanol–water partition coefficient (Wildman–Crippen LogP) is 1.98. The Morgan fingerprint density at radius 3 is 2.73 bits per heavy atom. The maximum atomic E-state index is 13.0. The standard InChI is InChI=1S/C11H13BrFNO/c12-9-3-7(1-2-10(9)13)4-11(15)5-8(14)6-11/h1-3,8,15H,4-6,14H2. The van der Waals surface area contributed by atoms with E-state index in [9.17, 15) is 9.50 Å². The molecule has 1 fully saturated rings. The monoisotopic (exact) mass is 273 g/mol. The molecule has 1 aliphatic carbocycles. The largest absolute Gasteiger partial charge is 0.389 e. The molecule has 0 bridgehead atoms. The van der Waals surface area contributed by atoms with E-state index in [0.29, 0.717) is 23.7 Å². The molecule has 1 aromatic rings. The van der Waals surface area contributed by atoms with Crippen molar-refractivity contribution in [2.45, 2.75) is 30.9 Å². The van der Waals surface area contributed by atoms with Gasteiger partial charge >= 0.3 is 0 Å². The van der Waals surface area contributed by atoms with Gasteiger partial charge in [-0.05, 0) is 46.5 Å². The van der Waals surface area contributed by atoms with E-state index >= 15 is 0 Å². The van der Waals surface area contributed by atoms with Crippen LogP contribution >= 0.6 is 15.9 Å². The molecule has 0 amide bonds. The van der Waals surface area contributed by atoms with Gasteiger partial charge in [0, 0.05) is 12.5 Å². The normalized spacial score (nSPS) is 30.0. The summed E-state index contributed by atoms with van der Waals surface area (Å²) in [5, 5.41) is 10.0. The Labute approximate surface area is 96.4 Å². The Morgan fingerprint density at radius 1 is 1.53 bits per heavy atom. The topological polar surface area (TPSA) is 46.2 Å². The van der Waals surface area contributed by atoms with Crippen LogP contribution in [-0.4, -0.2) is 16.7 Å². The van der Waals surface area contributed by atoms with Crippen molar-refractivity contribution in [2.75, 3.05) is 0 Å². The van der Waals surface area contributed by atoms with Gasteiger partial charge in [0.1, 0.15) is 5.82 Å². The molecule has 1 aromatic carbocycles. The van der Waals surface area contributed by atoms with E-state index in [4.69, 9.17) is 5.73 Å².